The van der Waals surface area contributed by atoms with Gasteiger partial charge in [-0.3, -0.25) is 0 Å². The van der Waals surface area contributed by atoms with E-state index in [9.17, 15) is 0 Å². The standard InChI is InChI=1S/C37H25N5/c1-3-13-27(14-4-1)39-25-26-23-24-30-29-17-7-8-18-31(29)42(37(30)36(26)38-39)41-34-21-11-9-19-32(34)40(28-15-5-2-6-16-28)33-20-10-12-22-35(33)41/h1-25H. The van der Waals surface area contributed by atoms with Gasteiger partial charge >= 0.3 is 0 Å². The Labute approximate surface area is 242 Å². The number of hydrogen-bond acceptors (Lipinski definition) is 3. The summed E-state index contributed by atoms with van der Waals surface area (Å²) in [5, 5.41) is 11.0. The molecule has 2 aromatic heterocycles. The van der Waals surface area contributed by atoms with Gasteiger partial charge in [-0.1, -0.05) is 91.0 Å². The zero-order chi connectivity index (χ0) is 27.6. The first-order chi connectivity index (χ1) is 20.9. The first kappa shape index (κ1) is 22.9. The van der Waals surface area contributed by atoms with Gasteiger partial charge < -0.3 is 4.90 Å². The van der Waals surface area contributed by atoms with Gasteiger partial charge in [0.15, 0.2) is 0 Å². The SMILES string of the molecule is c1ccc(N2c3ccccc3N(n3c4ccccc4c4ccc5cn(-c6ccccc6)nc5c43)c3ccccc32)cc1. The van der Waals surface area contributed by atoms with Crippen LogP contribution in [0, 0.1) is 0 Å². The van der Waals surface area contributed by atoms with Crippen LogP contribution in [0.25, 0.3) is 38.4 Å². The predicted octanol–water partition coefficient (Wildman–Crippen LogP) is 9.52. The van der Waals surface area contributed by atoms with Crippen molar-refractivity contribution in [3.8, 4) is 5.69 Å². The van der Waals surface area contributed by atoms with Crippen LogP contribution in [0.1, 0.15) is 0 Å². The fourth-order valence-electron chi connectivity index (χ4n) is 6.43. The summed E-state index contributed by atoms with van der Waals surface area (Å²) >= 11 is 0. The van der Waals surface area contributed by atoms with E-state index in [1.807, 2.05) is 22.9 Å². The molecule has 0 saturated heterocycles. The Morgan fingerprint density at radius 2 is 1.02 bits per heavy atom. The topological polar surface area (TPSA) is 29.2 Å². The second-order valence-corrected chi connectivity index (χ2v) is 10.6. The molecule has 0 fully saturated rings. The number of fused-ring (bicyclic) bond motifs is 7. The molecular weight excluding hydrogens is 514 g/mol. The molecule has 0 spiro atoms. The second kappa shape index (κ2) is 8.85. The Bertz CT molecular complexity index is 2220. The molecule has 0 radical (unpaired) electrons. The third-order valence-electron chi connectivity index (χ3n) is 8.22. The van der Waals surface area contributed by atoms with Crippen molar-refractivity contribution in [1.82, 2.24) is 14.5 Å². The molecule has 0 unspecified atom stereocenters. The first-order valence-corrected chi connectivity index (χ1v) is 14.2. The average Bonchev–Trinajstić information content (AvgIpc) is 3.64. The number of aromatic nitrogens is 3. The van der Waals surface area contributed by atoms with Gasteiger partial charge in [0.05, 0.1) is 39.5 Å². The first-order valence-electron chi connectivity index (χ1n) is 14.2. The van der Waals surface area contributed by atoms with E-state index in [-0.39, 0.29) is 0 Å². The molecular formula is C37H25N5. The fraction of sp³-hybridized carbons (Fsp3) is 0. The highest BCUT2D eigenvalue weighted by atomic mass is 15.6. The quantitative estimate of drug-likeness (QED) is 0.224. The van der Waals surface area contributed by atoms with Crippen molar-refractivity contribution in [2.75, 3.05) is 9.91 Å². The van der Waals surface area contributed by atoms with Crippen LogP contribution in [0.2, 0.25) is 0 Å². The molecule has 9 rings (SSSR count). The van der Waals surface area contributed by atoms with E-state index in [2.05, 4.69) is 148 Å². The number of benzene rings is 6. The van der Waals surface area contributed by atoms with E-state index < -0.39 is 0 Å². The Kier molecular flexibility index (Phi) is 4.83. The molecule has 0 aliphatic carbocycles. The summed E-state index contributed by atoms with van der Waals surface area (Å²) in [6.07, 6.45) is 2.13. The van der Waals surface area contributed by atoms with E-state index in [0.717, 1.165) is 56.1 Å². The predicted molar refractivity (Wildman–Crippen MR) is 173 cm³/mol. The maximum Gasteiger partial charge on any atom is 0.119 e. The normalized spacial score (nSPS) is 12.7. The van der Waals surface area contributed by atoms with Crippen molar-refractivity contribution in [1.29, 1.82) is 0 Å². The minimum atomic E-state index is 0.966. The van der Waals surface area contributed by atoms with Crippen molar-refractivity contribution in [2.45, 2.75) is 0 Å². The molecule has 0 saturated carbocycles. The second-order valence-electron chi connectivity index (χ2n) is 10.6. The number of rotatable bonds is 3. The highest BCUT2D eigenvalue weighted by molar-refractivity contribution is 6.17. The molecule has 0 N–H and O–H groups in total. The lowest BCUT2D eigenvalue weighted by Gasteiger charge is -2.41. The summed E-state index contributed by atoms with van der Waals surface area (Å²) in [5.41, 5.74) is 9.79. The monoisotopic (exact) mass is 539 g/mol. The van der Waals surface area contributed by atoms with E-state index in [1.165, 1.54) is 10.8 Å². The van der Waals surface area contributed by atoms with Crippen LogP contribution < -0.4 is 9.91 Å². The highest BCUT2D eigenvalue weighted by Gasteiger charge is 2.32. The third kappa shape index (κ3) is 3.22. The van der Waals surface area contributed by atoms with Crippen molar-refractivity contribution >= 4 is 61.1 Å². The Hall–Kier alpha value is -5.81. The molecule has 0 atom stereocenters. The number of nitrogens with zero attached hydrogens (tertiary/aromatic N) is 5. The number of hydrogen-bond donors (Lipinski definition) is 0. The van der Waals surface area contributed by atoms with E-state index in [0.29, 0.717) is 0 Å². The van der Waals surface area contributed by atoms with Crippen LogP contribution in [0.5, 0.6) is 0 Å². The highest BCUT2D eigenvalue weighted by Crippen LogP contribution is 2.52. The summed E-state index contributed by atoms with van der Waals surface area (Å²) < 4.78 is 4.36. The van der Waals surface area contributed by atoms with Crippen LogP contribution in [0.15, 0.2) is 152 Å². The van der Waals surface area contributed by atoms with Gasteiger partial charge in [0.1, 0.15) is 5.52 Å². The van der Waals surface area contributed by atoms with Crippen molar-refractivity contribution < 1.29 is 0 Å². The Morgan fingerprint density at radius 3 is 1.71 bits per heavy atom. The zero-order valence-electron chi connectivity index (χ0n) is 22.7. The average molecular weight is 540 g/mol. The summed E-state index contributed by atoms with van der Waals surface area (Å²) in [6.45, 7) is 0. The lowest BCUT2D eigenvalue weighted by molar-refractivity contribution is 0.868. The Balaban J connectivity index is 1.40. The van der Waals surface area contributed by atoms with Gasteiger partial charge in [0, 0.05) is 28.0 Å². The van der Waals surface area contributed by atoms with Gasteiger partial charge in [-0.15, -0.1) is 0 Å². The Morgan fingerprint density at radius 1 is 0.452 bits per heavy atom. The fourth-order valence-corrected chi connectivity index (χ4v) is 6.43. The summed E-state index contributed by atoms with van der Waals surface area (Å²) in [6, 6.07) is 51.3. The molecule has 3 heterocycles. The summed E-state index contributed by atoms with van der Waals surface area (Å²) in [7, 11) is 0. The van der Waals surface area contributed by atoms with Crippen LogP contribution >= 0.6 is 0 Å². The third-order valence-corrected chi connectivity index (χ3v) is 8.22. The van der Waals surface area contributed by atoms with Crippen LogP contribution in [-0.4, -0.2) is 14.5 Å². The number of anilines is 5. The lowest BCUT2D eigenvalue weighted by Crippen LogP contribution is -2.31. The van der Waals surface area contributed by atoms with Gasteiger partial charge in [-0.05, 0) is 54.6 Å². The number of para-hydroxylation sites is 7. The van der Waals surface area contributed by atoms with E-state index in [1.54, 1.807) is 0 Å². The van der Waals surface area contributed by atoms with Gasteiger partial charge in [0.2, 0.25) is 0 Å². The van der Waals surface area contributed by atoms with Crippen LogP contribution in [-0.2, 0) is 0 Å². The molecule has 5 heteroatoms. The molecule has 42 heavy (non-hydrogen) atoms. The van der Waals surface area contributed by atoms with Gasteiger partial charge in [-0.25, -0.2) is 14.4 Å². The molecule has 5 nitrogen and oxygen atoms in total. The minimum Gasteiger partial charge on any atom is -0.306 e. The van der Waals surface area contributed by atoms with Crippen LogP contribution in [0.3, 0.4) is 0 Å². The molecule has 0 bridgehead atoms. The summed E-state index contributed by atoms with van der Waals surface area (Å²) in [5.74, 6) is 0. The van der Waals surface area contributed by atoms with Crippen molar-refractivity contribution in [3.63, 3.8) is 0 Å². The minimum absolute atomic E-state index is 0.966. The van der Waals surface area contributed by atoms with Crippen molar-refractivity contribution in [2.24, 2.45) is 0 Å². The molecule has 1 aliphatic rings. The molecule has 1 aliphatic heterocycles. The largest absolute Gasteiger partial charge is 0.306 e. The molecule has 8 aromatic rings. The van der Waals surface area contributed by atoms with Crippen molar-refractivity contribution in [3.05, 3.63) is 152 Å². The van der Waals surface area contributed by atoms with E-state index in [4.69, 9.17) is 5.10 Å². The molecule has 0 amide bonds. The zero-order valence-corrected chi connectivity index (χ0v) is 22.7. The lowest BCUT2D eigenvalue weighted by atomic mass is 10.1. The maximum atomic E-state index is 5.20. The van der Waals surface area contributed by atoms with Crippen LogP contribution in [0.4, 0.5) is 28.4 Å². The van der Waals surface area contributed by atoms with Gasteiger partial charge in [0.25, 0.3) is 0 Å². The molecule has 6 aromatic carbocycles. The maximum absolute atomic E-state index is 5.20. The summed E-state index contributed by atoms with van der Waals surface area (Å²) in [4.78, 5) is 2.36. The van der Waals surface area contributed by atoms with E-state index >= 15 is 0 Å². The molecule has 198 valence electrons. The smallest absolute Gasteiger partial charge is 0.119 e. The van der Waals surface area contributed by atoms with Gasteiger partial charge in [-0.2, -0.15) is 5.10 Å².